The van der Waals surface area contributed by atoms with Crippen molar-refractivity contribution in [1.29, 1.82) is 0 Å². The van der Waals surface area contributed by atoms with Crippen LogP contribution in [0.25, 0.3) is 0 Å². The summed E-state index contributed by atoms with van der Waals surface area (Å²) in [7, 11) is 0. The molecule has 7 heteroatoms. The van der Waals surface area contributed by atoms with Crippen LogP contribution in [0.1, 0.15) is 19.4 Å². The zero-order valence-corrected chi connectivity index (χ0v) is 15.1. The number of benzene rings is 1. The molecule has 1 atom stereocenters. The van der Waals surface area contributed by atoms with Crippen LogP contribution in [0.5, 0.6) is 0 Å². The monoisotopic (exact) mass is 321 g/mol. The van der Waals surface area contributed by atoms with Gasteiger partial charge in [-0.2, -0.15) is 0 Å². The molecule has 0 aliphatic heterocycles. The number of hydrogen-bond acceptors (Lipinski definition) is 4. The third-order valence-electron chi connectivity index (χ3n) is 2.48. The van der Waals surface area contributed by atoms with Gasteiger partial charge in [-0.1, -0.05) is 37.6 Å². The van der Waals surface area contributed by atoms with E-state index in [1.807, 2.05) is 13.8 Å². The quantitative estimate of drug-likeness (QED) is 0.639. The summed E-state index contributed by atoms with van der Waals surface area (Å²) in [5.74, 6) is -1.18. The first kappa shape index (κ1) is 20.2. The minimum Gasteiger partial charge on any atom is -0.548 e. The van der Waals surface area contributed by atoms with Crippen molar-refractivity contribution in [2.45, 2.75) is 26.3 Å². The maximum Gasteiger partial charge on any atom is 1.00 e. The van der Waals surface area contributed by atoms with Gasteiger partial charge in [-0.05, 0) is 30.0 Å². The third kappa shape index (κ3) is 8.31. The maximum atomic E-state index is 11.5. The molecule has 0 saturated carbocycles. The number of ether oxygens (including phenoxy) is 1. The van der Waals surface area contributed by atoms with Crippen LogP contribution < -0.4 is 40.0 Å². The Labute approximate surface area is 151 Å². The zero-order chi connectivity index (χ0) is 15.1. The molecule has 0 heterocycles. The number of carboxylic acid groups (broad SMARTS) is 1. The van der Waals surface area contributed by atoms with E-state index in [-0.39, 0.29) is 48.5 Å². The van der Waals surface area contributed by atoms with Crippen LogP contribution in [0.15, 0.2) is 24.3 Å². The fraction of sp³-hybridized carbons (Fsp3) is 0.429. The normalized spacial score (nSPS) is 11.4. The Morgan fingerprint density at radius 2 is 1.86 bits per heavy atom. The van der Waals surface area contributed by atoms with Crippen LogP contribution in [0.3, 0.4) is 0 Å². The predicted octanol–water partition coefficient (Wildman–Crippen LogP) is -1.61. The summed E-state index contributed by atoms with van der Waals surface area (Å²) in [6.45, 7) is 4.00. The second-order valence-corrected chi connectivity index (χ2v) is 5.28. The predicted molar refractivity (Wildman–Crippen MR) is 73.3 cm³/mol. The van der Waals surface area contributed by atoms with Crippen molar-refractivity contribution in [2.24, 2.45) is 5.92 Å². The van der Waals surface area contributed by atoms with E-state index in [2.05, 4.69) is 5.32 Å². The number of nitrogens with one attached hydrogen (secondary N) is 1. The van der Waals surface area contributed by atoms with Gasteiger partial charge in [0.2, 0.25) is 0 Å². The zero-order valence-electron chi connectivity index (χ0n) is 12.4. The standard InChI is InChI=1S/C14H18ClNO4.Na/c1-9(2)8-20-14(19)16-12(13(17)18)7-10-3-5-11(15)6-4-10;/h3-6,9,12H,7-8H2,1-2H3,(H,16,19)(H,17,18);/q;+1/p-1/t12-;/m0./s1. The molecule has 0 aliphatic carbocycles. The van der Waals surface area contributed by atoms with Crippen LogP contribution in [0.4, 0.5) is 4.79 Å². The number of rotatable bonds is 6. The number of carbonyl (C=O) groups excluding carboxylic acids is 2. The molecule has 1 amide bonds. The number of aliphatic carboxylic acids is 1. The fourth-order valence-electron chi connectivity index (χ4n) is 1.48. The average molecular weight is 322 g/mol. The van der Waals surface area contributed by atoms with Crippen molar-refractivity contribution < 1.29 is 49.0 Å². The number of carbonyl (C=O) groups is 2. The van der Waals surface area contributed by atoms with Gasteiger partial charge in [0.25, 0.3) is 0 Å². The molecule has 1 aromatic carbocycles. The van der Waals surface area contributed by atoms with Gasteiger partial charge in [-0.3, -0.25) is 0 Å². The Bertz CT molecular complexity index is 465. The molecular weight excluding hydrogens is 305 g/mol. The van der Waals surface area contributed by atoms with Gasteiger partial charge < -0.3 is 20.0 Å². The largest absolute Gasteiger partial charge is 1.00 e. The van der Waals surface area contributed by atoms with Crippen molar-refractivity contribution >= 4 is 23.7 Å². The second-order valence-electron chi connectivity index (χ2n) is 4.84. The SMILES string of the molecule is CC(C)COC(=O)N[C@@H](Cc1ccc(Cl)cc1)C(=O)[O-].[Na+]. The van der Waals surface area contributed by atoms with Crippen LogP contribution >= 0.6 is 11.6 Å². The molecule has 0 radical (unpaired) electrons. The van der Waals surface area contributed by atoms with Crippen LogP contribution in [-0.4, -0.2) is 24.7 Å². The van der Waals surface area contributed by atoms with Gasteiger partial charge >= 0.3 is 35.7 Å². The molecule has 0 aromatic heterocycles. The average Bonchev–Trinajstić information content (AvgIpc) is 2.38. The van der Waals surface area contributed by atoms with Crippen molar-refractivity contribution in [2.75, 3.05) is 6.61 Å². The van der Waals surface area contributed by atoms with E-state index in [4.69, 9.17) is 16.3 Å². The van der Waals surface area contributed by atoms with E-state index in [9.17, 15) is 14.7 Å². The van der Waals surface area contributed by atoms with E-state index in [0.29, 0.717) is 5.02 Å². The third-order valence-corrected chi connectivity index (χ3v) is 2.73. The van der Waals surface area contributed by atoms with E-state index >= 15 is 0 Å². The molecule has 0 unspecified atom stereocenters. The van der Waals surface area contributed by atoms with Crippen molar-refractivity contribution in [3.8, 4) is 0 Å². The van der Waals surface area contributed by atoms with Gasteiger partial charge in [-0.25, -0.2) is 4.79 Å². The molecule has 0 fully saturated rings. The van der Waals surface area contributed by atoms with Crippen LogP contribution in [-0.2, 0) is 16.0 Å². The smallest absolute Gasteiger partial charge is 0.548 e. The number of carboxylic acids is 1. The van der Waals surface area contributed by atoms with Gasteiger partial charge in [0, 0.05) is 5.02 Å². The van der Waals surface area contributed by atoms with E-state index in [1.165, 1.54) is 0 Å². The molecule has 5 nitrogen and oxygen atoms in total. The van der Waals surface area contributed by atoms with Crippen LogP contribution in [0.2, 0.25) is 5.02 Å². The van der Waals surface area contributed by atoms with Gasteiger partial charge in [-0.15, -0.1) is 0 Å². The minimum absolute atomic E-state index is 0. The molecule has 110 valence electrons. The first-order valence-electron chi connectivity index (χ1n) is 6.27. The minimum atomic E-state index is -1.36. The Balaban J connectivity index is 0.00000400. The molecule has 21 heavy (non-hydrogen) atoms. The summed E-state index contributed by atoms with van der Waals surface area (Å²) in [6.07, 6.45) is -0.655. The number of amides is 1. The fourth-order valence-corrected chi connectivity index (χ4v) is 1.60. The van der Waals surface area contributed by atoms with Crippen molar-refractivity contribution in [3.63, 3.8) is 0 Å². The van der Waals surface area contributed by atoms with E-state index < -0.39 is 18.1 Å². The summed E-state index contributed by atoms with van der Waals surface area (Å²) >= 11 is 5.75. The van der Waals surface area contributed by atoms with E-state index in [1.54, 1.807) is 24.3 Å². The van der Waals surface area contributed by atoms with Crippen molar-refractivity contribution in [3.05, 3.63) is 34.9 Å². The Morgan fingerprint density at radius 3 is 2.33 bits per heavy atom. The van der Waals surface area contributed by atoms with Gasteiger partial charge in [0.15, 0.2) is 0 Å². The Morgan fingerprint density at radius 1 is 1.29 bits per heavy atom. The summed E-state index contributed by atoms with van der Waals surface area (Å²) in [6, 6.07) is 5.55. The molecule has 1 aromatic rings. The number of hydrogen-bond donors (Lipinski definition) is 1. The molecular formula is C14H17ClNNaO4. The van der Waals surface area contributed by atoms with E-state index in [0.717, 1.165) is 5.56 Å². The first-order chi connectivity index (χ1) is 9.38. The first-order valence-corrected chi connectivity index (χ1v) is 6.65. The summed E-state index contributed by atoms with van der Waals surface area (Å²) in [5, 5.41) is 13.9. The van der Waals surface area contributed by atoms with Crippen LogP contribution in [0, 0.1) is 5.92 Å². The summed E-state index contributed by atoms with van der Waals surface area (Å²) < 4.78 is 4.88. The molecule has 1 N–H and O–H groups in total. The number of alkyl carbamates (subject to hydrolysis) is 1. The topological polar surface area (TPSA) is 78.5 Å². The van der Waals surface area contributed by atoms with Crippen molar-refractivity contribution in [1.82, 2.24) is 5.32 Å². The molecule has 1 rings (SSSR count). The molecule has 0 saturated heterocycles. The van der Waals surface area contributed by atoms with Gasteiger partial charge in [0.1, 0.15) is 0 Å². The Hall–Kier alpha value is -0.750. The second kappa shape index (κ2) is 10.1. The maximum absolute atomic E-state index is 11.5. The Kier molecular flexibility index (Phi) is 9.70. The molecule has 0 spiro atoms. The summed E-state index contributed by atoms with van der Waals surface area (Å²) in [4.78, 5) is 22.5. The summed E-state index contributed by atoms with van der Waals surface area (Å²) in [5.41, 5.74) is 0.729. The van der Waals surface area contributed by atoms with Gasteiger partial charge in [0.05, 0.1) is 18.6 Å². The number of halogens is 1. The molecule has 0 bridgehead atoms. The molecule has 0 aliphatic rings.